The number of ether oxygens (including phenoxy) is 2. The van der Waals surface area contributed by atoms with Crippen LogP contribution >= 0.6 is 0 Å². The summed E-state index contributed by atoms with van der Waals surface area (Å²) in [6.07, 6.45) is 0.647. The van der Waals surface area contributed by atoms with Crippen molar-refractivity contribution < 1.29 is 22.7 Å². The van der Waals surface area contributed by atoms with Gasteiger partial charge in [0.2, 0.25) is 10.0 Å². The first-order valence-corrected chi connectivity index (χ1v) is 9.98. The summed E-state index contributed by atoms with van der Waals surface area (Å²) >= 11 is 0. The SMILES string of the molecule is CCNS(=O)(=O)c1cc(C(=O)NCCc2ccc(OC)cc2)ccc1OC. The molecular formula is C19H24N2O5S. The molecule has 0 bridgehead atoms. The van der Waals surface area contributed by atoms with Crippen LogP contribution in [0, 0.1) is 0 Å². The molecule has 0 unspecified atom stereocenters. The molecule has 0 aliphatic carbocycles. The van der Waals surface area contributed by atoms with Crippen LogP contribution in [0.1, 0.15) is 22.8 Å². The fraction of sp³-hybridized carbons (Fsp3) is 0.316. The molecule has 1 amide bonds. The Hall–Kier alpha value is -2.58. The molecule has 2 rings (SSSR count). The molecule has 27 heavy (non-hydrogen) atoms. The second-order valence-corrected chi connectivity index (χ2v) is 7.46. The van der Waals surface area contributed by atoms with Gasteiger partial charge in [0, 0.05) is 18.7 Å². The molecule has 2 aromatic carbocycles. The highest BCUT2D eigenvalue weighted by Gasteiger charge is 2.20. The summed E-state index contributed by atoms with van der Waals surface area (Å²) in [5.74, 6) is 0.611. The van der Waals surface area contributed by atoms with Gasteiger partial charge < -0.3 is 14.8 Å². The number of nitrogens with one attached hydrogen (secondary N) is 2. The lowest BCUT2D eigenvalue weighted by Gasteiger charge is -2.12. The summed E-state index contributed by atoms with van der Waals surface area (Å²) in [7, 11) is -0.757. The van der Waals surface area contributed by atoms with Crippen LogP contribution in [0.2, 0.25) is 0 Å². The van der Waals surface area contributed by atoms with Crippen molar-refractivity contribution in [2.45, 2.75) is 18.2 Å². The summed E-state index contributed by atoms with van der Waals surface area (Å²) in [5, 5.41) is 2.80. The highest BCUT2D eigenvalue weighted by molar-refractivity contribution is 7.89. The molecule has 0 aromatic heterocycles. The Labute approximate surface area is 159 Å². The summed E-state index contributed by atoms with van der Waals surface area (Å²) in [5.41, 5.74) is 1.31. The van der Waals surface area contributed by atoms with Crippen LogP contribution in [-0.4, -0.2) is 41.6 Å². The molecule has 0 atom stereocenters. The second kappa shape index (κ2) is 9.38. The Morgan fingerprint density at radius 2 is 1.74 bits per heavy atom. The summed E-state index contributed by atoms with van der Waals surface area (Å²) in [4.78, 5) is 12.3. The number of benzene rings is 2. The quantitative estimate of drug-likeness (QED) is 0.681. The smallest absolute Gasteiger partial charge is 0.251 e. The molecule has 7 nitrogen and oxygen atoms in total. The number of hydrogen-bond donors (Lipinski definition) is 2. The predicted molar refractivity (Wildman–Crippen MR) is 103 cm³/mol. The first kappa shape index (κ1) is 20.7. The molecular weight excluding hydrogens is 368 g/mol. The maximum Gasteiger partial charge on any atom is 0.251 e. The molecule has 0 aliphatic rings. The number of sulfonamides is 1. The molecule has 2 N–H and O–H groups in total. The third kappa shape index (κ3) is 5.45. The number of amides is 1. The van der Waals surface area contributed by atoms with Gasteiger partial charge in [0.15, 0.2) is 0 Å². The van der Waals surface area contributed by atoms with Crippen molar-refractivity contribution in [2.24, 2.45) is 0 Å². The average Bonchev–Trinajstić information content (AvgIpc) is 2.67. The number of carbonyl (C=O) groups is 1. The summed E-state index contributed by atoms with van der Waals surface area (Å²) in [6.45, 7) is 2.34. The van der Waals surface area contributed by atoms with Gasteiger partial charge in [-0.05, 0) is 42.3 Å². The van der Waals surface area contributed by atoms with E-state index in [-0.39, 0.29) is 28.7 Å². The van der Waals surface area contributed by atoms with E-state index in [2.05, 4.69) is 10.0 Å². The molecule has 0 fully saturated rings. The van der Waals surface area contributed by atoms with Crippen molar-refractivity contribution in [3.8, 4) is 11.5 Å². The van der Waals surface area contributed by atoms with E-state index in [9.17, 15) is 13.2 Å². The van der Waals surface area contributed by atoms with E-state index in [0.717, 1.165) is 11.3 Å². The summed E-state index contributed by atoms with van der Waals surface area (Å²) < 4.78 is 37.2. The number of carbonyl (C=O) groups excluding carboxylic acids is 1. The lowest BCUT2D eigenvalue weighted by Crippen LogP contribution is -2.27. The lowest BCUT2D eigenvalue weighted by molar-refractivity contribution is 0.0954. The van der Waals surface area contributed by atoms with E-state index in [1.165, 1.54) is 25.3 Å². The van der Waals surface area contributed by atoms with Gasteiger partial charge in [-0.2, -0.15) is 0 Å². The third-order valence-electron chi connectivity index (χ3n) is 3.91. The zero-order valence-electron chi connectivity index (χ0n) is 15.6. The monoisotopic (exact) mass is 392 g/mol. The van der Waals surface area contributed by atoms with Gasteiger partial charge in [-0.3, -0.25) is 4.79 Å². The van der Waals surface area contributed by atoms with Crippen LogP contribution in [0.5, 0.6) is 11.5 Å². The Morgan fingerprint density at radius 1 is 1.04 bits per heavy atom. The van der Waals surface area contributed by atoms with Gasteiger partial charge in [-0.1, -0.05) is 19.1 Å². The maximum absolute atomic E-state index is 12.4. The van der Waals surface area contributed by atoms with Gasteiger partial charge in [0.1, 0.15) is 16.4 Å². The number of methoxy groups -OCH3 is 2. The molecule has 0 saturated heterocycles. The van der Waals surface area contributed by atoms with E-state index in [0.29, 0.717) is 13.0 Å². The Morgan fingerprint density at radius 3 is 2.33 bits per heavy atom. The third-order valence-corrected chi connectivity index (χ3v) is 5.47. The van der Waals surface area contributed by atoms with Crippen LogP contribution in [0.3, 0.4) is 0 Å². The minimum absolute atomic E-state index is 0.0605. The Kier molecular flexibility index (Phi) is 7.20. The van der Waals surface area contributed by atoms with Crippen LogP contribution in [0.4, 0.5) is 0 Å². The van der Waals surface area contributed by atoms with Crippen LogP contribution in [0.15, 0.2) is 47.4 Å². The molecule has 0 heterocycles. The molecule has 8 heteroatoms. The van der Waals surface area contributed by atoms with Crippen LogP contribution in [-0.2, 0) is 16.4 Å². The van der Waals surface area contributed by atoms with E-state index >= 15 is 0 Å². The molecule has 2 aromatic rings. The standard InChI is InChI=1S/C19H24N2O5S/c1-4-21-27(23,24)18-13-15(7-10-17(18)26-3)19(22)20-12-11-14-5-8-16(25-2)9-6-14/h5-10,13,21H,4,11-12H2,1-3H3,(H,20,22). The van der Waals surface area contributed by atoms with E-state index in [4.69, 9.17) is 9.47 Å². The van der Waals surface area contributed by atoms with Crippen molar-refractivity contribution in [1.82, 2.24) is 10.0 Å². The van der Waals surface area contributed by atoms with E-state index in [1.54, 1.807) is 14.0 Å². The molecule has 0 aliphatic heterocycles. The normalized spacial score (nSPS) is 11.1. The average molecular weight is 392 g/mol. The number of rotatable bonds is 9. The second-order valence-electron chi connectivity index (χ2n) is 5.72. The predicted octanol–water partition coefficient (Wildman–Crippen LogP) is 1.97. The van der Waals surface area contributed by atoms with Crippen molar-refractivity contribution in [2.75, 3.05) is 27.3 Å². The van der Waals surface area contributed by atoms with Crippen molar-refractivity contribution in [3.63, 3.8) is 0 Å². The first-order valence-electron chi connectivity index (χ1n) is 8.50. The van der Waals surface area contributed by atoms with Gasteiger partial charge in [0.05, 0.1) is 14.2 Å². The zero-order chi connectivity index (χ0) is 19.9. The molecule has 0 spiro atoms. The topological polar surface area (TPSA) is 93.7 Å². The van der Waals surface area contributed by atoms with E-state index < -0.39 is 10.0 Å². The van der Waals surface area contributed by atoms with Gasteiger partial charge in [-0.25, -0.2) is 13.1 Å². The Bertz CT molecular complexity index is 879. The first-order chi connectivity index (χ1) is 12.9. The fourth-order valence-corrected chi connectivity index (χ4v) is 3.74. The van der Waals surface area contributed by atoms with Crippen molar-refractivity contribution in [1.29, 1.82) is 0 Å². The number of hydrogen-bond acceptors (Lipinski definition) is 5. The Balaban J connectivity index is 2.07. The molecule has 0 saturated carbocycles. The maximum atomic E-state index is 12.4. The van der Waals surface area contributed by atoms with Crippen molar-refractivity contribution >= 4 is 15.9 Å². The van der Waals surface area contributed by atoms with Crippen LogP contribution < -0.4 is 19.5 Å². The molecule has 146 valence electrons. The van der Waals surface area contributed by atoms with Gasteiger partial charge in [-0.15, -0.1) is 0 Å². The highest BCUT2D eigenvalue weighted by atomic mass is 32.2. The largest absolute Gasteiger partial charge is 0.497 e. The minimum Gasteiger partial charge on any atom is -0.497 e. The van der Waals surface area contributed by atoms with Crippen LogP contribution in [0.25, 0.3) is 0 Å². The van der Waals surface area contributed by atoms with E-state index in [1.807, 2.05) is 24.3 Å². The lowest BCUT2D eigenvalue weighted by atomic mass is 10.1. The van der Waals surface area contributed by atoms with Gasteiger partial charge >= 0.3 is 0 Å². The highest BCUT2D eigenvalue weighted by Crippen LogP contribution is 2.24. The minimum atomic E-state index is -3.75. The molecule has 0 radical (unpaired) electrons. The fourth-order valence-electron chi connectivity index (χ4n) is 2.51. The summed E-state index contributed by atoms with van der Waals surface area (Å²) in [6, 6.07) is 11.9. The van der Waals surface area contributed by atoms with Crippen molar-refractivity contribution in [3.05, 3.63) is 53.6 Å². The zero-order valence-corrected chi connectivity index (χ0v) is 16.4. The van der Waals surface area contributed by atoms with Gasteiger partial charge in [0.25, 0.3) is 5.91 Å².